The molecular formula is C10H3ClF3N3OS. The lowest BCUT2D eigenvalue weighted by Gasteiger charge is -1.99. The average molecular weight is 306 g/mol. The van der Waals surface area contributed by atoms with Gasteiger partial charge in [-0.05, 0) is 6.07 Å². The minimum atomic E-state index is -4.43. The van der Waals surface area contributed by atoms with E-state index in [-0.39, 0.29) is 27.0 Å². The number of hydrogen-bond acceptors (Lipinski definition) is 5. The molecule has 9 heteroatoms. The van der Waals surface area contributed by atoms with Crippen LogP contribution in [0.25, 0.3) is 21.8 Å². The van der Waals surface area contributed by atoms with Crippen molar-refractivity contribution in [1.82, 2.24) is 15.1 Å². The Bertz CT molecular complexity index is 738. The summed E-state index contributed by atoms with van der Waals surface area (Å²) in [5.41, 5.74) is 0. The Morgan fingerprint density at radius 2 is 2.05 bits per heavy atom. The van der Waals surface area contributed by atoms with Gasteiger partial charge in [0.05, 0.1) is 6.20 Å². The maximum absolute atomic E-state index is 12.6. The van der Waals surface area contributed by atoms with Crippen LogP contribution in [0.2, 0.25) is 5.15 Å². The van der Waals surface area contributed by atoms with Crippen molar-refractivity contribution in [2.45, 2.75) is 6.18 Å². The third-order valence-electron chi connectivity index (χ3n) is 2.28. The molecule has 3 heterocycles. The van der Waals surface area contributed by atoms with Crippen LogP contribution in [0.4, 0.5) is 13.2 Å². The van der Waals surface area contributed by atoms with E-state index in [4.69, 9.17) is 16.1 Å². The fourth-order valence-corrected chi connectivity index (χ4v) is 2.65. The third-order valence-corrected chi connectivity index (χ3v) is 3.65. The molecule has 0 N–H and O–H groups in total. The molecule has 0 amide bonds. The molecular weight excluding hydrogens is 303 g/mol. The summed E-state index contributed by atoms with van der Waals surface area (Å²) in [6.45, 7) is 0. The molecule has 3 rings (SSSR count). The summed E-state index contributed by atoms with van der Waals surface area (Å²) in [5, 5.41) is 3.59. The number of halogens is 4. The van der Waals surface area contributed by atoms with Crippen molar-refractivity contribution in [3.63, 3.8) is 0 Å². The third kappa shape index (κ3) is 2.17. The highest BCUT2D eigenvalue weighted by atomic mass is 35.5. The first-order valence-electron chi connectivity index (χ1n) is 4.90. The first-order valence-corrected chi connectivity index (χ1v) is 6.10. The van der Waals surface area contributed by atoms with Gasteiger partial charge in [0.2, 0.25) is 11.6 Å². The number of rotatable bonds is 1. The highest BCUT2D eigenvalue weighted by Crippen LogP contribution is 2.39. The van der Waals surface area contributed by atoms with Gasteiger partial charge in [-0.25, -0.2) is 9.97 Å². The minimum Gasteiger partial charge on any atom is -0.353 e. The summed E-state index contributed by atoms with van der Waals surface area (Å²) in [6.07, 6.45) is -3.05. The maximum Gasteiger partial charge on any atom is 0.425 e. The molecule has 0 saturated heterocycles. The molecule has 0 aliphatic rings. The van der Waals surface area contributed by atoms with Crippen LogP contribution in [-0.4, -0.2) is 15.1 Å². The minimum absolute atomic E-state index is 0.0526. The first kappa shape index (κ1) is 12.4. The predicted molar refractivity (Wildman–Crippen MR) is 62.9 cm³/mol. The highest BCUT2D eigenvalue weighted by molar-refractivity contribution is 7.18. The number of aromatic nitrogens is 3. The first-order chi connectivity index (χ1) is 8.95. The Morgan fingerprint density at radius 1 is 1.26 bits per heavy atom. The van der Waals surface area contributed by atoms with Crippen LogP contribution in [0.3, 0.4) is 0 Å². The second-order valence-corrected chi connectivity index (χ2v) is 4.93. The molecule has 0 bridgehead atoms. The predicted octanol–water partition coefficient (Wildman–Crippen LogP) is 4.02. The monoisotopic (exact) mass is 305 g/mol. The molecule has 98 valence electrons. The molecule has 0 aromatic carbocycles. The molecule has 0 atom stereocenters. The van der Waals surface area contributed by atoms with Crippen LogP contribution in [0, 0.1) is 0 Å². The van der Waals surface area contributed by atoms with Gasteiger partial charge in [-0.15, -0.1) is 11.3 Å². The van der Waals surface area contributed by atoms with Crippen molar-refractivity contribution in [3.05, 3.63) is 28.4 Å². The Balaban J connectivity index is 2.21. The number of alkyl halides is 3. The SMILES string of the molecule is FC(F)(F)c1cc2c(Cl)nc(-c3ccno3)nc2s1. The molecule has 0 fully saturated rings. The van der Waals surface area contributed by atoms with Crippen LogP contribution in [0.5, 0.6) is 0 Å². The molecule has 3 aromatic heterocycles. The van der Waals surface area contributed by atoms with Crippen LogP contribution >= 0.6 is 22.9 Å². The van der Waals surface area contributed by atoms with Crippen LogP contribution < -0.4 is 0 Å². The molecule has 19 heavy (non-hydrogen) atoms. The van der Waals surface area contributed by atoms with E-state index in [1.54, 1.807) is 0 Å². The zero-order valence-corrected chi connectivity index (χ0v) is 10.5. The summed E-state index contributed by atoms with van der Waals surface area (Å²) in [5.74, 6) is 0.344. The van der Waals surface area contributed by atoms with E-state index < -0.39 is 11.1 Å². The van der Waals surface area contributed by atoms with Gasteiger partial charge in [0.25, 0.3) is 0 Å². The second kappa shape index (κ2) is 4.17. The van der Waals surface area contributed by atoms with Crippen LogP contribution in [0.15, 0.2) is 22.9 Å². The summed E-state index contributed by atoms with van der Waals surface area (Å²) in [6, 6.07) is 2.43. The molecule has 0 aliphatic carbocycles. The molecule has 3 aromatic rings. The Hall–Kier alpha value is -1.67. The average Bonchev–Trinajstić information content (AvgIpc) is 2.96. The van der Waals surface area contributed by atoms with Crippen molar-refractivity contribution in [2.75, 3.05) is 0 Å². The maximum atomic E-state index is 12.6. The largest absolute Gasteiger partial charge is 0.425 e. The van der Waals surface area contributed by atoms with Gasteiger partial charge in [-0.1, -0.05) is 16.8 Å². The van der Waals surface area contributed by atoms with Gasteiger partial charge in [-0.2, -0.15) is 13.2 Å². The lowest BCUT2D eigenvalue weighted by molar-refractivity contribution is -0.134. The van der Waals surface area contributed by atoms with E-state index in [2.05, 4.69) is 15.1 Å². The van der Waals surface area contributed by atoms with Gasteiger partial charge in [-0.3, -0.25) is 0 Å². The fraction of sp³-hybridized carbons (Fsp3) is 0.100. The van der Waals surface area contributed by atoms with Crippen molar-refractivity contribution in [1.29, 1.82) is 0 Å². The number of hydrogen-bond donors (Lipinski definition) is 0. The molecule has 0 radical (unpaired) electrons. The zero-order chi connectivity index (χ0) is 13.6. The fourth-order valence-electron chi connectivity index (χ4n) is 1.47. The molecule has 0 aliphatic heterocycles. The Kier molecular flexibility index (Phi) is 2.72. The van der Waals surface area contributed by atoms with Crippen LogP contribution in [-0.2, 0) is 6.18 Å². The smallest absolute Gasteiger partial charge is 0.353 e. The summed E-state index contributed by atoms with van der Waals surface area (Å²) < 4.78 is 42.7. The lowest BCUT2D eigenvalue weighted by atomic mass is 10.3. The molecule has 0 spiro atoms. The second-order valence-electron chi connectivity index (χ2n) is 3.54. The molecule has 4 nitrogen and oxygen atoms in total. The van der Waals surface area contributed by atoms with Crippen molar-refractivity contribution in [3.8, 4) is 11.6 Å². The van der Waals surface area contributed by atoms with E-state index in [0.29, 0.717) is 11.3 Å². The number of nitrogens with zero attached hydrogens (tertiary/aromatic N) is 3. The van der Waals surface area contributed by atoms with E-state index in [0.717, 1.165) is 6.07 Å². The summed E-state index contributed by atoms with van der Waals surface area (Å²) in [4.78, 5) is 7.28. The zero-order valence-electron chi connectivity index (χ0n) is 8.90. The van der Waals surface area contributed by atoms with Gasteiger partial charge in [0.15, 0.2) is 0 Å². The van der Waals surface area contributed by atoms with Gasteiger partial charge < -0.3 is 4.52 Å². The van der Waals surface area contributed by atoms with Crippen molar-refractivity contribution >= 4 is 33.2 Å². The molecule has 0 unspecified atom stereocenters. The number of thiophene rings is 1. The summed E-state index contributed by atoms with van der Waals surface area (Å²) in [7, 11) is 0. The Morgan fingerprint density at radius 3 is 2.68 bits per heavy atom. The quantitative estimate of drug-likeness (QED) is 0.637. The van der Waals surface area contributed by atoms with Gasteiger partial charge >= 0.3 is 6.18 Å². The van der Waals surface area contributed by atoms with Crippen molar-refractivity contribution < 1.29 is 17.7 Å². The Labute approximate surface area is 112 Å². The summed E-state index contributed by atoms with van der Waals surface area (Å²) >= 11 is 6.38. The highest BCUT2D eigenvalue weighted by Gasteiger charge is 2.33. The molecule has 0 saturated carbocycles. The van der Waals surface area contributed by atoms with Crippen LogP contribution in [0.1, 0.15) is 4.88 Å². The van der Waals surface area contributed by atoms with Gasteiger partial charge in [0.1, 0.15) is 14.9 Å². The van der Waals surface area contributed by atoms with E-state index in [1.165, 1.54) is 12.3 Å². The van der Waals surface area contributed by atoms with E-state index >= 15 is 0 Å². The standard InChI is InChI=1S/C10H3ClF3N3OS/c11-7-4-3-6(10(12,13)14)19-9(4)17-8(16-7)5-1-2-15-18-5/h1-3H. The van der Waals surface area contributed by atoms with Crippen molar-refractivity contribution in [2.24, 2.45) is 0 Å². The number of fused-ring (bicyclic) bond motifs is 1. The normalized spacial score (nSPS) is 12.2. The van der Waals surface area contributed by atoms with E-state index in [9.17, 15) is 13.2 Å². The lowest BCUT2D eigenvalue weighted by Crippen LogP contribution is -2.00. The van der Waals surface area contributed by atoms with E-state index in [1.807, 2.05) is 0 Å². The van der Waals surface area contributed by atoms with Gasteiger partial charge in [0, 0.05) is 11.5 Å². The topological polar surface area (TPSA) is 51.8 Å².